The summed E-state index contributed by atoms with van der Waals surface area (Å²) in [6.45, 7) is 6.31. The monoisotopic (exact) mass is 445 g/mol. The Balaban J connectivity index is 1.85. The predicted molar refractivity (Wildman–Crippen MR) is 119 cm³/mol. The van der Waals surface area contributed by atoms with Crippen molar-refractivity contribution >= 4 is 44.9 Å². The molecule has 1 atom stereocenters. The minimum absolute atomic E-state index is 0.131. The molecule has 30 heavy (non-hydrogen) atoms. The van der Waals surface area contributed by atoms with Crippen molar-refractivity contribution in [1.29, 1.82) is 0 Å². The highest BCUT2D eigenvalue weighted by molar-refractivity contribution is 7.83. The van der Waals surface area contributed by atoms with Crippen LogP contribution in [0.5, 0.6) is 0 Å². The second kappa shape index (κ2) is 9.51. The molecule has 0 heterocycles. The van der Waals surface area contributed by atoms with Gasteiger partial charge >= 0.3 is 5.97 Å². The van der Waals surface area contributed by atoms with E-state index in [9.17, 15) is 18.5 Å². The fraction of sp³-hybridized carbons (Fsp3) is 0.174. The zero-order chi connectivity index (χ0) is 21.8. The number of aliphatic carboxylic acids is 1. The van der Waals surface area contributed by atoms with Crippen molar-refractivity contribution in [3.8, 4) is 0 Å². The summed E-state index contributed by atoms with van der Waals surface area (Å²) in [6, 6.07) is 13.1. The maximum Gasteiger partial charge on any atom is 0.307 e. The van der Waals surface area contributed by atoms with Crippen LogP contribution in [0.3, 0.4) is 0 Å². The Bertz CT molecular complexity index is 1160. The van der Waals surface area contributed by atoms with Crippen LogP contribution in [0, 0.1) is 12.7 Å². The molecular weight excluding hydrogens is 425 g/mol. The van der Waals surface area contributed by atoms with Crippen molar-refractivity contribution in [3.05, 3.63) is 82.6 Å². The number of hydrogen-bond donors (Lipinski definition) is 2. The summed E-state index contributed by atoms with van der Waals surface area (Å²) >= 11 is 6.08. The van der Waals surface area contributed by atoms with Crippen molar-refractivity contribution in [1.82, 2.24) is 4.72 Å². The van der Waals surface area contributed by atoms with Crippen LogP contribution >= 0.6 is 11.6 Å². The first kappa shape index (κ1) is 22.2. The molecule has 3 aromatic carbocycles. The number of carbonyl (C=O) groups is 1. The van der Waals surface area contributed by atoms with Crippen LogP contribution in [0.2, 0.25) is 5.02 Å². The molecule has 0 aromatic heterocycles. The fourth-order valence-corrected chi connectivity index (χ4v) is 4.66. The van der Waals surface area contributed by atoms with Gasteiger partial charge in [-0.15, -0.1) is 0 Å². The first-order chi connectivity index (χ1) is 14.3. The molecule has 0 aliphatic carbocycles. The summed E-state index contributed by atoms with van der Waals surface area (Å²) in [5.74, 6) is -1.31. The number of halogens is 2. The summed E-state index contributed by atoms with van der Waals surface area (Å²) < 4.78 is 29.3. The van der Waals surface area contributed by atoms with Gasteiger partial charge in [0.15, 0.2) is 0 Å². The van der Waals surface area contributed by atoms with Gasteiger partial charge in [-0.25, -0.2) is 13.3 Å². The van der Waals surface area contributed by atoms with Gasteiger partial charge in [0.05, 0.1) is 16.3 Å². The summed E-state index contributed by atoms with van der Waals surface area (Å²) in [5, 5.41) is 11.1. The molecule has 0 spiro atoms. The SMILES string of the molecule is C=C(CCNS(=O)c1ccccc1Cl)c1c(C)c(CC(=O)O)cc2ccc(F)cc12. The average Bonchev–Trinajstić information content (AvgIpc) is 2.68. The molecule has 3 rings (SSSR count). The minimum Gasteiger partial charge on any atom is -0.481 e. The normalized spacial score (nSPS) is 12.1. The number of fused-ring (bicyclic) bond motifs is 1. The molecule has 0 aliphatic heterocycles. The molecule has 0 fully saturated rings. The van der Waals surface area contributed by atoms with Gasteiger partial charge in [-0.2, -0.15) is 0 Å². The van der Waals surface area contributed by atoms with Crippen molar-refractivity contribution < 1.29 is 18.5 Å². The first-order valence-electron chi connectivity index (χ1n) is 9.29. The van der Waals surface area contributed by atoms with Crippen LogP contribution in [0.1, 0.15) is 23.1 Å². The highest BCUT2D eigenvalue weighted by Gasteiger charge is 2.16. The molecule has 0 saturated carbocycles. The number of carboxylic acids is 1. The lowest BCUT2D eigenvalue weighted by molar-refractivity contribution is -0.136. The Kier molecular flexibility index (Phi) is 7.02. The van der Waals surface area contributed by atoms with E-state index in [1.807, 2.05) is 6.92 Å². The topological polar surface area (TPSA) is 66.4 Å². The van der Waals surface area contributed by atoms with Crippen LogP contribution in [0.15, 0.2) is 60.0 Å². The number of hydrogen-bond acceptors (Lipinski definition) is 2. The summed E-state index contributed by atoms with van der Waals surface area (Å²) in [5.41, 5.74) is 2.85. The highest BCUT2D eigenvalue weighted by atomic mass is 35.5. The summed E-state index contributed by atoms with van der Waals surface area (Å²) in [6.07, 6.45) is 0.313. The Morgan fingerprint density at radius 2 is 1.97 bits per heavy atom. The first-order valence-corrected chi connectivity index (χ1v) is 10.8. The smallest absolute Gasteiger partial charge is 0.307 e. The maximum absolute atomic E-state index is 13.9. The van der Waals surface area contributed by atoms with Crippen LogP contribution in [-0.4, -0.2) is 21.8 Å². The van der Waals surface area contributed by atoms with E-state index in [1.165, 1.54) is 12.1 Å². The van der Waals surface area contributed by atoms with Gasteiger partial charge in [-0.1, -0.05) is 42.4 Å². The van der Waals surface area contributed by atoms with E-state index < -0.39 is 17.0 Å². The van der Waals surface area contributed by atoms with Crippen molar-refractivity contribution in [3.63, 3.8) is 0 Å². The van der Waals surface area contributed by atoms with E-state index in [1.54, 1.807) is 36.4 Å². The second-order valence-electron chi connectivity index (χ2n) is 6.92. The van der Waals surface area contributed by atoms with E-state index in [4.69, 9.17) is 11.6 Å². The molecule has 0 saturated heterocycles. The lowest BCUT2D eigenvalue weighted by Crippen LogP contribution is -2.19. The van der Waals surface area contributed by atoms with E-state index in [2.05, 4.69) is 11.3 Å². The highest BCUT2D eigenvalue weighted by Crippen LogP contribution is 2.33. The van der Waals surface area contributed by atoms with Gasteiger partial charge < -0.3 is 5.11 Å². The Hall–Kier alpha value is -2.54. The predicted octanol–water partition coefficient (Wildman–Crippen LogP) is 5.28. The molecule has 0 aliphatic rings. The molecule has 0 bridgehead atoms. The van der Waals surface area contributed by atoms with Crippen molar-refractivity contribution in [2.45, 2.75) is 24.7 Å². The number of carboxylic acid groups (broad SMARTS) is 1. The molecule has 1 unspecified atom stereocenters. The minimum atomic E-state index is -1.48. The number of nitrogens with one attached hydrogen (secondary N) is 1. The fourth-order valence-electron chi connectivity index (χ4n) is 3.42. The summed E-state index contributed by atoms with van der Waals surface area (Å²) in [4.78, 5) is 11.8. The Labute approximate surface area is 182 Å². The van der Waals surface area contributed by atoms with Crippen LogP contribution in [0.25, 0.3) is 16.3 Å². The number of benzene rings is 3. The van der Waals surface area contributed by atoms with Gasteiger partial charge in [0, 0.05) is 6.54 Å². The molecule has 0 amide bonds. The quantitative estimate of drug-likeness (QED) is 0.495. The summed E-state index contributed by atoms with van der Waals surface area (Å²) in [7, 11) is -1.48. The third kappa shape index (κ3) is 4.95. The van der Waals surface area contributed by atoms with E-state index in [0.717, 1.165) is 16.5 Å². The van der Waals surface area contributed by atoms with Crippen LogP contribution in [0.4, 0.5) is 4.39 Å². The zero-order valence-electron chi connectivity index (χ0n) is 16.4. The molecule has 3 aromatic rings. The van der Waals surface area contributed by atoms with Gasteiger partial charge in [0.2, 0.25) is 0 Å². The van der Waals surface area contributed by atoms with Crippen molar-refractivity contribution in [2.24, 2.45) is 0 Å². The average molecular weight is 446 g/mol. The zero-order valence-corrected chi connectivity index (χ0v) is 17.9. The van der Waals surface area contributed by atoms with Crippen LogP contribution in [-0.2, 0) is 22.2 Å². The lowest BCUT2D eigenvalue weighted by Gasteiger charge is -2.17. The third-order valence-electron chi connectivity index (χ3n) is 4.86. The van der Waals surface area contributed by atoms with Gasteiger partial charge in [-0.3, -0.25) is 4.79 Å². The van der Waals surface area contributed by atoms with E-state index in [-0.39, 0.29) is 12.2 Å². The number of rotatable bonds is 8. The Morgan fingerprint density at radius 3 is 2.67 bits per heavy atom. The van der Waals surface area contributed by atoms with E-state index >= 15 is 0 Å². The molecule has 156 valence electrons. The molecule has 0 radical (unpaired) electrons. The molecule has 4 nitrogen and oxygen atoms in total. The molecular formula is C23H21ClFNO3S. The van der Waals surface area contributed by atoms with Crippen molar-refractivity contribution in [2.75, 3.05) is 6.54 Å². The largest absolute Gasteiger partial charge is 0.481 e. The van der Waals surface area contributed by atoms with Gasteiger partial charge in [0.1, 0.15) is 16.8 Å². The molecule has 2 N–H and O–H groups in total. The second-order valence-corrected chi connectivity index (χ2v) is 8.59. The van der Waals surface area contributed by atoms with Crippen LogP contribution < -0.4 is 4.72 Å². The standard InChI is InChI=1S/C23H21ClFNO3S/c1-14(9-10-26-30(29)21-6-4-3-5-20(21)24)23-15(2)17(12-22(27)28)11-16-7-8-18(25)13-19(16)23/h3-8,11,13,26H,1,9-10,12H2,2H3,(H,27,28). The maximum atomic E-state index is 13.9. The van der Waals surface area contributed by atoms with E-state index in [0.29, 0.717) is 39.4 Å². The lowest BCUT2D eigenvalue weighted by atomic mass is 9.88. The van der Waals surface area contributed by atoms with Gasteiger partial charge in [0.25, 0.3) is 0 Å². The Morgan fingerprint density at radius 1 is 1.23 bits per heavy atom. The third-order valence-corrected chi connectivity index (χ3v) is 6.53. The molecule has 7 heteroatoms. The van der Waals surface area contributed by atoms with Gasteiger partial charge in [-0.05, 0) is 70.6 Å².